The molecule has 0 aromatic carbocycles. The summed E-state index contributed by atoms with van der Waals surface area (Å²) < 4.78 is 1.20. The highest BCUT2D eigenvalue weighted by Crippen LogP contribution is 2.16. The lowest BCUT2D eigenvalue weighted by molar-refractivity contribution is 0.622. The van der Waals surface area contributed by atoms with E-state index in [2.05, 4.69) is 10.4 Å². The van der Waals surface area contributed by atoms with E-state index in [0.29, 0.717) is 0 Å². The number of nitrogens with zero attached hydrogens (tertiary/aromatic N) is 3. The summed E-state index contributed by atoms with van der Waals surface area (Å²) in [4.78, 5) is 11.4. The molecule has 0 amide bonds. The molecule has 5 heteroatoms. The van der Waals surface area contributed by atoms with Crippen LogP contribution in [0.4, 0.5) is 5.69 Å². The molecule has 1 N–H and O–H groups in total. The van der Waals surface area contributed by atoms with Gasteiger partial charge < -0.3 is 5.32 Å². The van der Waals surface area contributed by atoms with E-state index in [9.17, 15) is 4.79 Å². The summed E-state index contributed by atoms with van der Waals surface area (Å²) >= 11 is 0. The Morgan fingerprint density at radius 1 is 1.71 bits per heavy atom. The molecule has 5 nitrogen and oxygen atoms in total. The maximum atomic E-state index is 11.4. The first-order chi connectivity index (χ1) is 6.81. The predicted octanol–water partition coefficient (Wildman–Crippen LogP) is 0.125. The molecule has 0 saturated carbocycles. The molecular weight excluding hydrogens is 180 g/mol. The van der Waals surface area contributed by atoms with Crippen molar-refractivity contribution in [3.8, 4) is 6.07 Å². The molecule has 14 heavy (non-hydrogen) atoms. The van der Waals surface area contributed by atoms with Crippen molar-refractivity contribution in [2.45, 2.75) is 19.4 Å². The largest absolute Gasteiger partial charge is 0.383 e. The summed E-state index contributed by atoms with van der Waals surface area (Å²) in [6, 6.07) is 3.42. The first kappa shape index (κ1) is 8.75. The molecule has 1 aromatic rings. The Kier molecular flexibility index (Phi) is 2.19. The first-order valence-corrected chi connectivity index (χ1v) is 4.53. The van der Waals surface area contributed by atoms with E-state index in [0.717, 1.165) is 30.8 Å². The van der Waals surface area contributed by atoms with Gasteiger partial charge in [0.1, 0.15) is 6.54 Å². The van der Waals surface area contributed by atoms with E-state index in [4.69, 9.17) is 5.26 Å². The van der Waals surface area contributed by atoms with Gasteiger partial charge in [-0.1, -0.05) is 0 Å². The minimum Gasteiger partial charge on any atom is -0.383 e. The Hall–Kier alpha value is -1.83. The van der Waals surface area contributed by atoms with Gasteiger partial charge in [-0.05, 0) is 12.8 Å². The molecule has 72 valence electrons. The molecule has 2 rings (SSSR count). The van der Waals surface area contributed by atoms with E-state index in [1.807, 2.05) is 6.07 Å². The number of anilines is 1. The molecule has 0 atom stereocenters. The molecular formula is C9H10N4O. The Morgan fingerprint density at radius 2 is 2.57 bits per heavy atom. The van der Waals surface area contributed by atoms with Crippen LogP contribution < -0.4 is 10.9 Å². The maximum Gasteiger partial charge on any atom is 0.269 e. The summed E-state index contributed by atoms with van der Waals surface area (Å²) in [6.07, 6.45) is 1.89. The van der Waals surface area contributed by atoms with Gasteiger partial charge >= 0.3 is 0 Å². The van der Waals surface area contributed by atoms with E-state index in [-0.39, 0.29) is 12.1 Å². The summed E-state index contributed by atoms with van der Waals surface area (Å²) in [7, 11) is 0. The van der Waals surface area contributed by atoms with Crippen LogP contribution in [0.1, 0.15) is 12.1 Å². The van der Waals surface area contributed by atoms with Gasteiger partial charge in [0.15, 0.2) is 0 Å². The van der Waals surface area contributed by atoms with Gasteiger partial charge in [-0.2, -0.15) is 10.4 Å². The van der Waals surface area contributed by atoms with Crippen molar-refractivity contribution in [3.63, 3.8) is 0 Å². The molecule has 1 aliphatic rings. The Labute approximate surface area is 81.0 Å². The number of hydrogen-bond donors (Lipinski definition) is 1. The van der Waals surface area contributed by atoms with Crippen molar-refractivity contribution in [2.75, 3.05) is 11.9 Å². The van der Waals surface area contributed by atoms with Crippen LogP contribution in [0.25, 0.3) is 0 Å². The minimum absolute atomic E-state index is 0.0200. The number of hydrogen-bond acceptors (Lipinski definition) is 4. The molecule has 0 spiro atoms. The second-order valence-corrected chi connectivity index (χ2v) is 3.19. The van der Waals surface area contributed by atoms with Gasteiger partial charge in [-0.15, -0.1) is 0 Å². The van der Waals surface area contributed by atoms with Crippen LogP contribution in [0.15, 0.2) is 10.9 Å². The zero-order chi connectivity index (χ0) is 9.97. The molecule has 0 aliphatic carbocycles. The maximum absolute atomic E-state index is 11.4. The molecule has 0 saturated heterocycles. The summed E-state index contributed by atoms with van der Waals surface area (Å²) in [5, 5.41) is 15.7. The second-order valence-electron chi connectivity index (χ2n) is 3.19. The van der Waals surface area contributed by atoms with Gasteiger partial charge in [0.2, 0.25) is 0 Å². The minimum atomic E-state index is -0.222. The van der Waals surface area contributed by atoms with E-state index >= 15 is 0 Å². The zero-order valence-corrected chi connectivity index (χ0v) is 7.66. The number of nitriles is 1. The van der Waals surface area contributed by atoms with Crippen LogP contribution >= 0.6 is 0 Å². The van der Waals surface area contributed by atoms with Crippen molar-refractivity contribution < 1.29 is 0 Å². The highest BCUT2D eigenvalue weighted by atomic mass is 16.1. The van der Waals surface area contributed by atoms with Crippen LogP contribution in [0.2, 0.25) is 0 Å². The number of rotatable bonds is 1. The fraction of sp³-hybridized carbons (Fsp3) is 0.444. The standard InChI is InChI=1S/C9H10N4O/c10-3-5-13-9(14)6-8-7(12-13)2-1-4-11-8/h6,11H,1-2,4-5H2. The van der Waals surface area contributed by atoms with E-state index in [1.54, 1.807) is 0 Å². The number of nitrogens with one attached hydrogen (secondary N) is 1. The topological polar surface area (TPSA) is 70.7 Å². The molecule has 0 unspecified atom stereocenters. The van der Waals surface area contributed by atoms with E-state index in [1.165, 1.54) is 10.7 Å². The van der Waals surface area contributed by atoms with Crippen LogP contribution in [0.3, 0.4) is 0 Å². The molecule has 2 heterocycles. The van der Waals surface area contributed by atoms with Crippen molar-refractivity contribution in [3.05, 3.63) is 22.1 Å². The third-order valence-corrected chi connectivity index (χ3v) is 2.20. The SMILES string of the molecule is N#CCn1nc2c(cc1=O)NCCC2. The number of fused-ring (bicyclic) bond motifs is 1. The lowest BCUT2D eigenvalue weighted by Gasteiger charge is -2.16. The van der Waals surface area contributed by atoms with Gasteiger partial charge in [0.05, 0.1) is 17.5 Å². The smallest absolute Gasteiger partial charge is 0.269 e. The van der Waals surface area contributed by atoms with Crippen LogP contribution in [0, 0.1) is 11.3 Å². The zero-order valence-electron chi connectivity index (χ0n) is 7.66. The second kappa shape index (κ2) is 3.50. The van der Waals surface area contributed by atoms with Crippen LogP contribution in [0.5, 0.6) is 0 Å². The van der Waals surface area contributed by atoms with Gasteiger partial charge in [0, 0.05) is 12.6 Å². The average Bonchev–Trinajstić information content (AvgIpc) is 2.19. The average molecular weight is 190 g/mol. The fourth-order valence-electron chi connectivity index (χ4n) is 1.53. The Balaban J connectivity index is 2.47. The molecule has 0 bridgehead atoms. The van der Waals surface area contributed by atoms with Gasteiger partial charge in [0.25, 0.3) is 5.56 Å². The molecule has 1 aromatic heterocycles. The highest BCUT2D eigenvalue weighted by molar-refractivity contribution is 5.48. The quantitative estimate of drug-likeness (QED) is 0.683. The van der Waals surface area contributed by atoms with Gasteiger partial charge in [-0.3, -0.25) is 4.79 Å². The van der Waals surface area contributed by atoms with Crippen molar-refractivity contribution in [1.82, 2.24) is 9.78 Å². The van der Waals surface area contributed by atoms with Crippen LogP contribution in [-0.4, -0.2) is 16.3 Å². The van der Waals surface area contributed by atoms with Crippen LogP contribution in [-0.2, 0) is 13.0 Å². The normalized spacial score (nSPS) is 13.9. The summed E-state index contributed by atoms with van der Waals surface area (Å²) in [5.74, 6) is 0. The predicted molar refractivity (Wildman–Crippen MR) is 50.9 cm³/mol. The Morgan fingerprint density at radius 3 is 3.36 bits per heavy atom. The molecule has 1 aliphatic heterocycles. The monoisotopic (exact) mass is 190 g/mol. The molecule has 0 fully saturated rings. The van der Waals surface area contributed by atoms with E-state index < -0.39 is 0 Å². The lowest BCUT2D eigenvalue weighted by Crippen LogP contribution is -2.26. The third-order valence-electron chi connectivity index (χ3n) is 2.20. The third kappa shape index (κ3) is 1.46. The summed E-state index contributed by atoms with van der Waals surface area (Å²) in [5.41, 5.74) is 1.47. The first-order valence-electron chi connectivity index (χ1n) is 4.53. The fourth-order valence-corrected chi connectivity index (χ4v) is 1.53. The van der Waals surface area contributed by atoms with Crippen molar-refractivity contribution >= 4 is 5.69 Å². The van der Waals surface area contributed by atoms with Crippen molar-refractivity contribution in [1.29, 1.82) is 5.26 Å². The number of aryl methyl sites for hydroxylation is 1. The van der Waals surface area contributed by atoms with Crippen molar-refractivity contribution in [2.24, 2.45) is 0 Å². The molecule has 0 radical (unpaired) electrons. The summed E-state index contributed by atoms with van der Waals surface area (Å²) in [6.45, 7) is 0.905. The Bertz CT molecular complexity index is 443. The highest BCUT2D eigenvalue weighted by Gasteiger charge is 2.11. The van der Waals surface area contributed by atoms with Gasteiger partial charge in [-0.25, -0.2) is 4.68 Å². The lowest BCUT2D eigenvalue weighted by atomic mass is 10.1. The number of aromatic nitrogens is 2.